The molecule has 2 aromatic carbocycles. The minimum Gasteiger partial charge on any atom is -0.492 e. The van der Waals surface area contributed by atoms with Gasteiger partial charge in [-0.15, -0.1) is 0 Å². The second-order valence-corrected chi connectivity index (χ2v) is 7.33. The van der Waals surface area contributed by atoms with Gasteiger partial charge in [0.1, 0.15) is 25.6 Å². The van der Waals surface area contributed by atoms with Gasteiger partial charge in [0.2, 0.25) is 0 Å². The molecule has 0 amide bonds. The lowest BCUT2D eigenvalue weighted by atomic mass is 9.88. The van der Waals surface area contributed by atoms with Gasteiger partial charge in [0, 0.05) is 18.0 Å². The van der Waals surface area contributed by atoms with Crippen LogP contribution in [0, 0.1) is 17.2 Å². The Morgan fingerprint density at radius 2 is 1.90 bits per heavy atom. The van der Waals surface area contributed by atoms with Crippen LogP contribution in [0.2, 0.25) is 0 Å². The summed E-state index contributed by atoms with van der Waals surface area (Å²) in [6.45, 7) is 4.20. The number of benzene rings is 2. The predicted molar refractivity (Wildman–Crippen MR) is 108 cm³/mol. The number of rotatable bonds is 6. The maximum absolute atomic E-state index is 12.9. The Kier molecular flexibility index (Phi) is 5.97. The quantitative estimate of drug-likeness (QED) is 0.703. The number of Topliss-reactive ketones (excluding diaryl/α,β-unsaturated/α-hetero) is 1. The second-order valence-electron chi connectivity index (χ2n) is 7.33. The molecule has 0 radical (unpaired) electrons. The van der Waals surface area contributed by atoms with Crippen molar-refractivity contribution in [2.75, 3.05) is 39.5 Å². The first-order valence-corrected chi connectivity index (χ1v) is 10.0. The van der Waals surface area contributed by atoms with E-state index in [1.54, 1.807) is 12.1 Å². The first-order chi connectivity index (χ1) is 14.2. The molecule has 1 fully saturated rings. The highest BCUT2D eigenvalue weighted by Crippen LogP contribution is 2.32. The maximum atomic E-state index is 12.9. The van der Waals surface area contributed by atoms with Crippen molar-refractivity contribution in [2.45, 2.75) is 12.8 Å². The molecule has 2 aliphatic rings. The fourth-order valence-electron chi connectivity index (χ4n) is 3.80. The van der Waals surface area contributed by atoms with Gasteiger partial charge in [0.25, 0.3) is 0 Å². The molecule has 0 aliphatic carbocycles. The smallest absolute Gasteiger partial charge is 0.166 e. The summed E-state index contributed by atoms with van der Waals surface area (Å²) in [6, 6.07) is 14.8. The molecule has 29 heavy (non-hydrogen) atoms. The van der Waals surface area contributed by atoms with E-state index in [2.05, 4.69) is 11.0 Å². The van der Waals surface area contributed by atoms with Crippen LogP contribution in [-0.4, -0.2) is 50.1 Å². The number of ketones is 1. The lowest BCUT2D eigenvalue weighted by molar-refractivity contribution is 0.0826. The fraction of sp³-hybridized carbons (Fsp3) is 0.391. The summed E-state index contributed by atoms with van der Waals surface area (Å²) in [5, 5.41) is 8.95. The number of nitriles is 1. The van der Waals surface area contributed by atoms with Crippen molar-refractivity contribution < 1.29 is 19.0 Å². The molecule has 4 rings (SSSR count). The molecule has 2 aromatic rings. The molecule has 150 valence electrons. The van der Waals surface area contributed by atoms with Crippen molar-refractivity contribution in [2.24, 2.45) is 5.92 Å². The summed E-state index contributed by atoms with van der Waals surface area (Å²) in [5.74, 6) is 2.32. The van der Waals surface area contributed by atoms with E-state index in [4.69, 9.17) is 19.5 Å². The van der Waals surface area contributed by atoms with Gasteiger partial charge in [-0.1, -0.05) is 6.07 Å². The first-order valence-electron chi connectivity index (χ1n) is 10.0. The Hall–Kier alpha value is -3.04. The Labute approximate surface area is 170 Å². The SMILES string of the molecule is N#Cc1cccc(OCCN2CCC(C(=O)c3ccc4c(c3)OCCO4)CC2)c1. The molecule has 0 N–H and O–H groups in total. The Bertz CT molecular complexity index is 913. The lowest BCUT2D eigenvalue weighted by Crippen LogP contribution is -2.38. The van der Waals surface area contributed by atoms with Crippen LogP contribution in [0.3, 0.4) is 0 Å². The van der Waals surface area contributed by atoms with Gasteiger partial charge < -0.3 is 14.2 Å². The van der Waals surface area contributed by atoms with E-state index in [9.17, 15) is 4.79 Å². The zero-order chi connectivity index (χ0) is 20.1. The average molecular weight is 392 g/mol. The van der Waals surface area contributed by atoms with Gasteiger partial charge >= 0.3 is 0 Å². The zero-order valence-corrected chi connectivity index (χ0v) is 16.3. The molecule has 6 nitrogen and oxygen atoms in total. The molecule has 6 heteroatoms. The third-order valence-electron chi connectivity index (χ3n) is 5.42. The first kappa shape index (κ1) is 19.3. The normalized spacial score (nSPS) is 16.8. The van der Waals surface area contributed by atoms with Crippen LogP contribution < -0.4 is 14.2 Å². The highest BCUT2D eigenvalue weighted by molar-refractivity contribution is 5.98. The van der Waals surface area contributed by atoms with Crippen molar-refractivity contribution in [3.05, 3.63) is 53.6 Å². The van der Waals surface area contributed by atoms with Gasteiger partial charge in [-0.3, -0.25) is 9.69 Å². The summed E-state index contributed by atoms with van der Waals surface area (Å²) in [5.41, 5.74) is 1.30. The van der Waals surface area contributed by atoms with E-state index >= 15 is 0 Å². The highest BCUT2D eigenvalue weighted by Gasteiger charge is 2.26. The van der Waals surface area contributed by atoms with Crippen LogP contribution in [0.5, 0.6) is 17.2 Å². The molecule has 0 unspecified atom stereocenters. The van der Waals surface area contributed by atoms with Crippen molar-refractivity contribution in [3.63, 3.8) is 0 Å². The molecule has 0 aromatic heterocycles. The number of nitrogens with zero attached hydrogens (tertiary/aromatic N) is 2. The molecule has 2 heterocycles. The summed E-state index contributed by atoms with van der Waals surface area (Å²) >= 11 is 0. The van der Waals surface area contributed by atoms with E-state index < -0.39 is 0 Å². The Morgan fingerprint density at radius 3 is 2.69 bits per heavy atom. The highest BCUT2D eigenvalue weighted by atomic mass is 16.6. The van der Waals surface area contributed by atoms with Gasteiger partial charge in [-0.05, 0) is 62.3 Å². The van der Waals surface area contributed by atoms with Crippen LogP contribution >= 0.6 is 0 Å². The number of fused-ring (bicyclic) bond motifs is 1. The number of carbonyl (C=O) groups is 1. The average Bonchev–Trinajstić information content (AvgIpc) is 2.79. The van der Waals surface area contributed by atoms with Crippen molar-refractivity contribution in [1.82, 2.24) is 4.90 Å². The summed E-state index contributed by atoms with van der Waals surface area (Å²) in [7, 11) is 0. The third kappa shape index (κ3) is 4.69. The molecule has 0 spiro atoms. The van der Waals surface area contributed by atoms with Gasteiger partial charge in [-0.25, -0.2) is 0 Å². The number of carbonyl (C=O) groups excluding carboxylic acids is 1. The van der Waals surface area contributed by atoms with E-state index in [0.717, 1.165) is 32.5 Å². The molecule has 1 saturated heterocycles. The van der Waals surface area contributed by atoms with Crippen molar-refractivity contribution in [3.8, 4) is 23.3 Å². The molecular weight excluding hydrogens is 368 g/mol. The molecular formula is C23H24N2O4. The lowest BCUT2D eigenvalue weighted by Gasteiger charge is -2.31. The van der Waals surface area contributed by atoms with Crippen molar-refractivity contribution >= 4 is 5.78 Å². The van der Waals surface area contributed by atoms with E-state index in [0.29, 0.717) is 48.2 Å². The molecule has 2 aliphatic heterocycles. The fourth-order valence-corrected chi connectivity index (χ4v) is 3.80. The number of hydrogen-bond donors (Lipinski definition) is 0. The zero-order valence-electron chi connectivity index (χ0n) is 16.3. The minimum atomic E-state index is 0.0436. The predicted octanol–water partition coefficient (Wildman–Crippen LogP) is 3.30. The standard InChI is InChI=1S/C23H24N2O4/c24-16-17-2-1-3-20(14-17)27-11-10-25-8-6-18(7-9-25)23(26)19-4-5-21-22(15-19)29-13-12-28-21/h1-5,14-15,18H,6-13H2. The summed E-state index contributed by atoms with van der Waals surface area (Å²) in [4.78, 5) is 15.2. The van der Waals surface area contributed by atoms with Crippen LogP contribution in [0.1, 0.15) is 28.8 Å². The second kappa shape index (κ2) is 8.97. The van der Waals surface area contributed by atoms with Gasteiger partial charge in [0.15, 0.2) is 17.3 Å². The topological polar surface area (TPSA) is 71.8 Å². The van der Waals surface area contributed by atoms with Crippen LogP contribution in [-0.2, 0) is 0 Å². The number of likely N-dealkylation sites (tertiary alicyclic amines) is 1. The van der Waals surface area contributed by atoms with E-state index in [1.165, 1.54) is 0 Å². The minimum absolute atomic E-state index is 0.0436. The van der Waals surface area contributed by atoms with E-state index in [1.807, 2.05) is 30.3 Å². The number of hydrogen-bond acceptors (Lipinski definition) is 6. The number of piperidine rings is 1. The van der Waals surface area contributed by atoms with Crippen LogP contribution in [0.15, 0.2) is 42.5 Å². The largest absolute Gasteiger partial charge is 0.492 e. The number of ether oxygens (including phenoxy) is 3. The molecule has 0 atom stereocenters. The summed E-state index contributed by atoms with van der Waals surface area (Å²) < 4.78 is 16.9. The van der Waals surface area contributed by atoms with Crippen molar-refractivity contribution in [1.29, 1.82) is 5.26 Å². The van der Waals surface area contributed by atoms with E-state index in [-0.39, 0.29) is 11.7 Å². The van der Waals surface area contributed by atoms with Crippen LogP contribution in [0.4, 0.5) is 0 Å². The Balaban J connectivity index is 1.25. The van der Waals surface area contributed by atoms with Crippen LogP contribution in [0.25, 0.3) is 0 Å². The molecule has 0 bridgehead atoms. The maximum Gasteiger partial charge on any atom is 0.166 e. The third-order valence-corrected chi connectivity index (χ3v) is 5.42. The van der Waals surface area contributed by atoms with Gasteiger partial charge in [-0.2, -0.15) is 5.26 Å². The van der Waals surface area contributed by atoms with Gasteiger partial charge in [0.05, 0.1) is 11.6 Å². The summed E-state index contributed by atoms with van der Waals surface area (Å²) in [6.07, 6.45) is 1.69. The Morgan fingerprint density at radius 1 is 1.10 bits per heavy atom. The molecule has 0 saturated carbocycles. The monoisotopic (exact) mass is 392 g/mol.